The Kier molecular flexibility index (Phi) is 3.52. The van der Waals surface area contributed by atoms with E-state index in [2.05, 4.69) is 0 Å². The van der Waals surface area contributed by atoms with Crippen LogP contribution < -0.4 is 4.90 Å². The molecule has 98 valence electrons. The Hall–Kier alpha value is -1.62. The summed E-state index contributed by atoms with van der Waals surface area (Å²) in [5.41, 5.74) is 1.75. The average Bonchev–Trinajstić information content (AvgIpc) is 2.26. The molecule has 0 bridgehead atoms. The molecule has 0 unspecified atom stereocenters. The molecule has 1 saturated carbocycles. The summed E-state index contributed by atoms with van der Waals surface area (Å²) in [6.45, 7) is 2.61. The van der Waals surface area contributed by atoms with Crippen LogP contribution in [0.1, 0.15) is 18.4 Å². The lowest BCUT2D eigenvalue weighted by Crippen LogP contribution is -2.37. The number of anilines is 1. The van der Waals surface area contributed by atoms with Gasteiger partial charge in [-0.1, -0.05) is 6.07 Å². The molecule has 1 N–H and O–H groups in total. The van der Waals surface area contributed by atoms with Crippen LogP contribution >= 0.6 is 0 Å². The molecule has 1 aliphatic carbocycles. The molecule has 0 amide bonds. The van der Waals surface area contributed by atoms with E-state index in [1.165, 1.54) is 6.07 Å². The molecular weight excluding hydrogens is 232 g/mol. The monoisotopic (exact) mass is 250 g/mol. The van der Waals surface area contributed by atoms with Crippen molar-refractivity contribution in [3.63, 3.8) is 0 Å². The third-order valence-corrected chi connectivity index (χ3v) is 3.63. The molecule has 5 nitrogen and oxygen atoms in total. The van der Waals surface area contributed by atoms with Crippen molar-refractivity contribution in [1.82, 2.24) is 0 Å². The highest BCUT2D eigenvalue weighted by molar-refractivity contribution is 5.61. The minimum Gasteiger partial charge on any atom is -0.393 e. The number of nitrogens with zero attached hydrogens (tertiary/aromatic N) is 2. The third-order valence-electron chi connectivity index (χ3n) is 3.63. The van der Waals surface area contributed by atoms with Gasteiger partial charge in [-0.25, -0.2) is 0 Å². The molecule has 1 aliphatic rings. The average molecular weight is 250 g/mol. The van der Waals surface area contributed by atoms with Gasteiger partial charge in [0.05, 0.1) is 11.0 Å². The molecule has 0 saturated heterocycles. The normalized spacial score (nSPS) is 22.4. The molecule has 2 rings (SSSR count). The molecule has 1 aromatic carbocycles. The van der Waals surface area contributed by atoms with Crippen molar-refractivity contribution >= 4 is 11.4 Å². The van der Waals surface area contributed by atoms with E-state index in [1.54, 1.807) is 13.0 Å². The Labute approximate surface area is 106 Å². The first-order chi connectivity index (χ1) is 8.49. The van der Waals surface area contributed by atoms with E-state index < -0.39 is 0 Å². The lowest BCUT2D eigenvalue weighted by atomic mass is 9.82. The van der Waals surface area contributed by atoms with Crippen LogP contribution in [0.15, 0.2) is 18.2 Å². The lowest BCUT2D eigenvalue weighted by Gasteiger charge is -2.35. The number of aliphatic hydroxyl groups is 1. The topological polar surface area (TPSA) is 66.6 Å². The van der Waals surface area contributed by atoms with E-state index >= 15 is 0 Å². The van der Waals surface area contributed by atoms with Crippen LogP contribution in [0.5, 0.6) is 0 Å². The minimum absolute atomic E-state index is 0.158. The SMILES string of the molecule is Cc1c(N(C)CC2CC(O)C2)cccc1[N+](=O)[O-]. The first-order valence-electron chi connectivity index (χ1n) is 6.12. The van der Waals surface area contributed by atoms with Crippen molar-refractivity contribution in [1.29, 1.82) is 0 Å². The van der Waals surface area contributed by atoms with Gasteiger partial charge in [0.2, 0.25) is 0 Å². The molecule has 5 heteroatoms. The highest BCUT2D eigenvalue weighted by atomic mass is 16.6. The molecular formula is C13H18N2O3. The summed E-state index contributed by atoms with van der Waals surface area (Å²) >= 11 is 0. The second kappa shape index (κ2) is 4.94. The summed E-state index contributed by atoms with van der Waals surface area (Å²) in [6.07, 6.45) is 1.51. The summed E-state index contributed by atoms with van der Waals surface area (Å²) < 4.78 is 0. The predicted octanol–water partition coefficient (Wildman–Crippen LogP) is 2.11. The van der Waals surface area contributed by atoms with Crippen LogP contribution in [0.3, 0.4) is 0 Å². The Balaban J connectivity index is 2.12. The molecule has 0 heterocycles. The maximum atomic E-state index is 10.9. The first-order valence-corrected chi connectivity index (χ1v) is 6.12. The van der Waals surface area contributed by atoms with Gasteiger partial charge in [0.15, 0.2) is 0 Å². The Bertz CT molecular complexity index is 456. The number of rotatable bonds is 4. The van der Waals surface area contributed by atoms with Gasteiger partial charge < -0.3 is 10.0 Å². The van der Waals surface area contributed by atoms with Crippen LogP contribution in [0, 0.1) is 23.0 Å². The van der Waals surface area contributed by atoms with Crippen molar-refractivity contribution in [2.45, 2.75) is 25.9 Å². The van der Waals surface area contributed by atoms with Gasteiger partial charge in [-0.3, -0.25) is 10.1 Å². The van der Waals surface area contributed by atoms with Crippen molar-refractivity contribution in [3.05, 3.63) is 33.9 Å². The summed E-state index contributed by atoms with van der Waals surface area (Å²) in [5, 5.41) is 20.1. The zero-order chi connectivity index (χ0) is 13.3. The van der Waals surface area contributed by atoms with Gasteiger partial charge in [-0.05, 0) is 31.7 Å². The molecule has 0 aliphatic heterocycles. The van der Waals surface area contributed by atoms with E-state index in [0.29, 0.717) is 11.5 Å². The van der Waals surface area contributed by atoms with Crippen LogP contribution in [0.4, 0.5) is 11.4 Å². The van der Waals surface area contributed by atoms with Crippen LogP contribution in [-0.4, -0.2) is 29.7 Å². The first kappa shape index (κ1) is 12.8. The maximum Gasteiger partial charge on any atom is 0.274 e. The lowest BCUT2D eigenvalue weighted by molar-refractivity contribution is -0.385. The molecule has 0 atom stereocenters. The molecule has 1 aromatic rings. The van der Waals surface area contributed by atoms with Crippen LogP contribution in [0.2, 0.25) is 0 Å². The Morgan fingerprint density at radius 3 is 2.72 bits per heavy atom. The fourth-order valence-corrected chi connectivity index (χ4v) is 2.56. The number of hydrogen-bond acceptors (Lipinski definition) is 4. The Morgan fingerprint density at radius 1 is 1.50 bits per heavy atom. The van der Waals surface area contributed by atoms with E-state index in [0.717, 1.165) is 25.1 Å². The van der Waals surface area contributed by atoms with Crippen LogP contribution in [0.25, 0.3) is 0 Å². The summed E-state index contributed by atoms with van der Waals surface area (Å²) in [4.78, 5) is 12.6. The van der Waals surface area contributed by atoms with E-state index in [1.807, 2.05) is 18.0 Å². The zero-order valence-corrected chi connectivity index (χ0v) is 10.7. The van der Waals surface area contributed by atoms with Gasteiger partial charge in [0.1, 0.15) is 0 Å². The van der Waals surface area contributed by atoms with Crippen LogP contribution in [-0.2, 0) is 0 Å². The number of nitro groups is 1. The standard InChI is InChI=1S/C13H18N2O3/c1-9-12(4-3-5-13(9)15(17)18)14(2)8-10-6-11(16)7-10/h3-5,10-11,16H,6-8H2,1-2H3. The highest BCUT2D eigenvalue weighted by Crippen LogP contribution is 2.32. The zero-order valence-electron chi connectivity index (χ0n) is 10.7. The smallest absolute Gasteiger partial charge is 0.274 e. The summed E-state index contributed by atoms with van der Waals surface area (Å²) in [5.74, 6) is 0.490. The number of nitro benzene ring substituents is 1. The molecule has 0 spiro atoms. The van der Waals surface area contributed by atoms with E-state index in [9.17, 15) is 15.2 Å². The number of benzene rings is 1. The fraction of sp³-hybridized carbons (Fsp3) is 0.538. The van der Waals surface area contributed by atoms with E-state index in [4.69, 9.17) is 0 Å². The quantitative estimate of drug-likeness (QED) is 0.656. The van der Waals surface area contributed by atoms with Gasteiger partial charge in [0.25, 0.3) is 5.69 Å². The second-order valence-corrected chi connectivity index (χ2v) is 5.05. The van der Waals surface area contributed by atoms with Crippen molar-refractivity contribution < 1.29 is 10.0 Å². The van der Waals surface area contributed by atoms with Crippen molar-refractivity contribution in [3.8, 4) is 0 Å². The van der Waals surface area contributed by atoms with Crippen molar-refractivity contribution in [2.24, 2.45) is 5.92 Å². The highest BCUT2D eigenvalue weighted by Gasteiger charge is 2.28. The predicted molar refractivity (Wildman–Crippen MR) is 69.8 cm³/mol. The van der Waals surface area contributed by atoms with E-state index in [-0.39, 0.29) is 16.7 Å². The van der Waals surface area contributed by atoms with Gasteiger partial charge in [-0.2, -0.15) is 0 Å². The van der Waals surface area contributed by atoms with Gasteiger partial charge in [0, 0.05) is 30.9 Å². The Morgan fingerprint density at radius 2 is 2.17 bits per heavy atom. The maximum absolute atomic E-state index is 10.9. The fourth-order valence-electron chi connectivity index (χ4n) is 2.56. The van der Waals surface area contributed by atoms with Gasteiger partial charge >= 0.3 is 0 Å². The largest absolute Gasteiger partial charge is 0.393 e. The van der Waals surface area contributed by atoms with Crippen molar-refractivity contribution in [2.75, 3.05) is 18.5 Å². The number of hydrogen-bond donors (Lipinski definition) is 1. The molecule has 0 radical (unpaired) electrons. The second-order valence-electron chi connectivity index (χ2n) is 5.05. The summed E-state index contributed by atoms with van der Waals surface area (Å²) in [6, 6.07) is 5.14. The third kappa shape index (κ3) is 2.46. The molecule has 0 aromatic heterocycles. The molecule has 1 fully saturated rings. The molecule has 18 heavy (non-hydrogen) atoms. The minimum atomic E-state index is -0.347. The summed E-state index contributed by atoms with van der Waals surface area (Å²) in [7, 11) is 1.94. The van der Waals surface area contributed by atoms with Gasteiger partial charge in [-0.15, -0.1) is 0 Å². The number of aliphatic hydroxyl groups excluding tert-OH is 1.